The number of hydrogen-bond donors (Lipinski definition) is 2. The molecule has 1 saturated carbocycles. The predicted molar refractivity (Wildman–Crippen MR) is 93.1 cm³/mol. The van der Waals surface area contributed by atoms with Gasteiger partial charge in [-0.1, -0.05) is 38.0 Å². The van der Waals surface area contributed by atoms with E-state index in [2.05, 4.69) is 33.8 Å². The van der Waals surface area contributed by atoms with Gasteiger partial charge in [-0.15, -0.1) is 0 Å². The van der Waals surface area contributed by atoms with Crippen molar-refractivity contribution in [1.82, 2.24) is 0 Å². The second kappa shape index (κ2) is 6.43. The Labute approximate surface area is 140 Å². The maximum absolute atomic E-state index is 10.8. The van der Waals surface area contributed by atoms with Crippen LogP contribution in [0.25, 0.3) is 0 Å². The van der Waals surface area contributed by atoms with E-state index in [-0.39, 0.29) is 16.9 Å². The van der Waals surface area contributed by atoms with Gasteiger partial charge in [0, 0.05) is 6.08 Å². The van der Waals surface area contributed by atoms with Gasteiger partial charge in [0.2, 0.25) is 0 Å². The molecule has 0 aromatic heterocycles. The lowest BCUT2D eigenvalue weighted by Gasteiger charge is -2.58. The largest absolute Gasteiger partial charge is 0.478 e. The van der Waals surface area contributed by atoms with Gasteiger partial charge in [0.15, 0.2) is 0 Å². The fourth-order valence-corrected chi connectivity index (χ4v) is 5.24. The van der Waals surface area contributed by atoms with Crippen molar-refractivity contribution in [3.63, 3.8) is 0 Å². The summed E-state index contributed by atoms with van der Waals surface area (Å²) in [5.41, 5.74) is 2.52. The number of carbonyl (C=O) groups is 1. The molecule has 0 bridgehead atoms. The first kappa shape index (κ1) is 18.3. The van der Waals surface area contributed by atoms with Crippen molar-refractivity contribution in [2.24, 2.45) is 22.7 Å². The summed E-state index contributed by atoms with van der Waals surface area (Å²) in [6.07, 6.45) is 8.26. The SMILES string of the molecule is CC1=CC[C@H]2C(C)(C)[C@@H](O)CC[C@@]2(C)[C@H]1CC/C(C)=C\C(=O)O. The van der Waals surface area contributed by atoms with Crippen molar-refractivity contribution >= 4 is 5.97 Å². The van der Waals surface area contributed by atoms with Crippen LogP contribution in [0.3, 0.4) is 0 Å². The molecule has 0 radical (unpaired) electrons. The number of aliphatic hydroxyl groups excluding tert-OH is 1. The predicted octanol–water partition coefficient (Wildman–Crippen LogP) is 4.57. The normalized spacial score (nSPS) is 37.0. The molecule has 2 rings (SSSR count). The summed E-state index contributed by atoms with van der Waals surface area (Å²) in [5, 5.41) is 19.4. The maximum atomic E-state index is 10.8. The minimum atomic E-state index is -0.857. The summed E-state index contributed by atoms with van der Waals surface area (Å²) in [7, 11) is 0. The lowest BCUT2D eigenvalue weighted by atomic mass is 9.47. The monoisotopic (exact) mass is 320 g/mol. The van der Waals surface area contributed by atoms with Crippen molar-refractivity contribution in [2.45, 2.75) is 72.8 Å². The Morgan fingerprint density at radius 1 is 1.39 bits per heavy atom. The minimum absolute atomic E-state index is 0.0611. The molecule has 0 heterocycles. The smallest absolute Gasteiger partial charge is 0.328 e. The molecule has 130 valence electrons. The quantitative estimate of drug-likeness (QED) is 0.589. The first-order valence-corrected chi connectivity index (χ1v) is 8.84. The van der Waals surface area contributed by atoms with E-state index >= 15 is 0 Å². The van der Waals surface area contributed by atoms with Crippen molar-refractivity contribution < 1.29 is 15.0 Å². The molecule has 0 saturated heterocycles. The Bertz CT molecular complexity index is 529. The van der Waals surface area contributed by atoms with E-state index in [1.165, 1.54) is 11.6 Å². The van der Waals surface area contributed by atoms with Crippen molar-refractivity contribution in [3.05, 3.63) is 23.3 Å². The Balaban J connectivity index is 2.23. The molecule has 0 unspecified atom stereocenters. The fourth-order valence-electron chi connectivity index (χ4n) is 5.24. The van der Waals surface area contributed by atoms with Crippen LogP contribution in [-0.2, 0) is 4.79 Å². The summed E-state index contributed by atoms with van der Waals surface area (Å²) < 4.78 is 0. The molecule has 0 amide bonds. The number of allylic oxidation sites excluding steroid dienone is 3. The minimum Gasteiger partial charge on any atom is -0.478 e. The van der Waals surface area contributed by atoms with Crippen LogP contribution in [0.5, 0.6) is 0 Å². The van der Waals surface area contributed by atoms with Crippen LogP contribution < -0.4 is 0 Å². The van der Waals surface area contributed by atoms with Crippen LogP contribution in [0.4, 0.5) is 0 Å². The molecular formula is C20H32O3. The first-order chi connectivity index (χ1) is 10.6. The third-order valence-corrected chi connectivity index (χ3v) is 6.73. The number of aliphatic carboxylic acids is 1. The maximum Gasteiger partial charge on any atom is 0.328 e. The highest BCUT2D eigenvalue weighted by Crippen LogP contribution is 2.60. The summed E-state index contributed by atoms with van der Waals surface area (Å²) in [5.74, 6) is 0.103. The highest BCUT2D eigenvalue weighted by atomic mass is 16.4. The zero-order valence-corrected chi connectivity index (χ0v) is 15.2. The van der Waals surface area contributed by atoms with Gasteiger partial charge in [-0.05, 0) is 68.6 Å². The average Bonchev–Trinajstić information content (AvgIpc) is 2.42. The number of carboxylic acid groups (broad SMARTS) is 1. The van der Waals surface area contributed by atoms with Gasteiger partial charge in [0.05, 0.1) is 6.10 Å². The van der Waals surface area contributed by atoms with Crippen LogP contribution in [-0.4, -0.2) is 22.3 Å². The average molecular weight is 320 g/mol. The summed E-state index contributed by atoms with van der Waals surface area (Å²) in [6.45, 7) is 10.9. The molecule has 3 heteroatoms. The van der Waals surface area contributed by atoms with Crippen LogP contribution >= 0.6 is 0 Å². The van der Waals surface area contributed by atoms with Gasteiger partial charge in [0.1, 0.15) is 0 Å². The van der Waals surface area contributed by atoms with E-state index in [0.29, 0.717) is 11.8 Å². The Morgan fingerprint density at radius 2 is 2.04 bits per heavy atom. The number of rotatable bonds is 4. The van der Waals surface area contributed by atoms with E-state index < -0.39 is 5.97 Å². The second-order valence-corrected chi connectivity index (χ2v) is 8.54. The molecule has 4 atom stereocenters. The summed E-state index contributed by atoms with van der Waals surface area (Å²) in [6, 6.07) is 0. The van der Waals surface area contributed by atoms with E-state index in [9.17, 15) is 9.90 Å². The Morgan fingerprint density at radius 3 is 2.65 bits per heavy atom. The molecule has 2 N–H and O–H groups in total. The molecule has 2 aliphatic carbocycles. The second-order valence-electron chi connectivity index (χ2n) is 8.54. The number of carboxylic acids is 1. The first-order valence-electron chi connectivity index (χ1n) is 8.84. The standard InChI is InChI=1S/C20H32O3/c1-13(12-18(22)23)6-8-15-14(2)7-9-16-19(3,4)17(21)10-11-20(15,16)5/h7,12,15-17,21H,6,8-11H2,1-5H3,(H,22,23)/b13-12-/t15-,16-,17-,20-/m0/s1. The van der Waals surface area contributed by atoms with Gasteiger partial charge in [-0.2, -0.15) is 0 Å². The Hall–Kier alpha value is -1.09. The van der Waals surface area contributed by atoms with Crippen molar-refractivity contribution in [2.75, 3.05) is 0 Å². The van der Waals surface area contributed by atoms with E-state index in [0.717, 1.165) is 37.7 Å². The van der Waals surface area contributed by atoms with Gasteiger partial charge >= 0.3 is 5.97 Å². The lowest BCUT2D eigenvalue weighted by Crippen LogP contribution is -2.54. The third-order valence-electron chi connectivity index (χ3n) is 6.73. The molecule has 1 fully saturated rings. The third kappa shape index (κ3) is 3.40. The Kier molecular flexibility index (Phi) is 5.10. The van der Waals surface area contributed by atoms with Crippen LogP contribution in [0, 0.1) is 22.7 Å². The van der Waals surface area contributed by atoms with E-state index in [1.54, 1.807) is 0 Å². The number of fused-ring (bicyclic) bond motifs is 1. The van der Waals surface area contributed by atoms with E-state index in [4.69, 9.17) is 5.11 Å². The van der Waals surface area contributed by atoms with Gasteiger partial charge in [-0.3, -0.25) is 0 Å². The zero-order chi connectivity index (χ0) is 17.4. The number of aliphatic hydroxyl groups is 1. The molecule has 0 aliphatic heterocycles. The van der Waals surface area contributed by atoms with Gasteiger partial charge in [-0.25, -0.2) is 4.79 Å². The molecule has 0 aromatic rings. The summed E-state index contributed by atoms with van der Waals surface area (Å²) in [4.78, 5) is 10.8. The van der Waals surface area contributed by atoms with Crippen LogP contribution in [0.2, 0.25) is 0 Å². The topological polar surface area (TPSA) is 57.5 Å². The molecule has 23 heavy (non-hydrogen) atoms. The lowest BCUT2D eigenvalue weighted by molar-refractivity contribution is -0.131. The van der Waals surface area contributed by atoms with Gasteiger partial charge < -0.3 is 10.2 Å². The molecule has 0 aromatic carbocycles. The van der Waals surface area contributed by atoms with Crippen molar-refractivity contribution in [1.29, 1.82) is 0 Å². The highest BCUT2D eigenvalue weighted by Gasteiger charge is 2.54. The highest BCUT2D eigenvalue weighted by molar-refractivity contribution is 5.80. The van der Waals surface area contributed by atoms with E-state index in [1.807, 2.05) is 6.92 Å². The van der Waals surface area contributed by atoms with Gasteiger partial charge in [0.25, 0.3) is 0 Å². The van der Waals surface area contributed by atoms with Crippen LogP contribution in [0.1, 0.15) is 66.7 Å². The van der Waals surface area contributed by atoms with Crippen LogP contribution in [0.15, 0.2) is 23.3 Å². The fraction of sp³-hybridized carbons (Fsp3) is 0.750. The molecule has 0 spiro atoms. The summed E-state index contributed by atoms with van der Waals surface area (Å²) >= 11 is 0. The molecule has 2 aliphatic rings. The zero-order valence-electron chi connectivity index (χ0n) is 15.2. The number of hydrogen-bond acceptors (Lipinski definition) is 2. The van der Waals surface area contributed by atoms with Crippen molar-refractivity contribution in [3.8, 4) is 0 Å². The molecule has 3 nitrogen and oxygen atoms in total. The molecular weight excluding hydrogens is 288 g/mol.